The number of benzene rings is 1. The molecule has 0 radical (unpaired) electrons. The zero-order valence-corrected chi connectivity index (χ0v) is 19.9. The second-order valence-electron chi connectivity index (χ2n) is 10.0. The van der Waals surface area contributed by atoms with Gasteiger partial charge in [0.2, 0.25) is 11.8 Å². The third-order valence-corrected chi connectivity index (χ3v) is 7.56. The summed E-state index contributed by atoms with van der Waals surface area (Å²) in [5, 5.41) is 3.19. The van der Waals surface area contributed by atoms with Gasteiger partial charge in [-0.15, -0.1) is 0 Å². The number of carbonyl (C=O) groups excluding carboxylic acids is 2. The van der Waals surface area contributed by atoms with Crippen molar-refractivity contribution in [2.45, 2.75) is 70.9 Å². The predicted octanol–water partition coefficient (Wildman–Crippen LogP) is 2.76. The first-order valence-corrected chi connectivity index (χ1v) is 12.6. The quantitative estimate of drug-likeness (QED) is 0.739. The van der Waals surface area contributed by atoms with Crippen molar-refractivity contribution in [3.63, 3.8) is 0 Å². The molecule has 1 aromatic rings. The van der Waals surface area contributed by atoms with Gasteiger partial charge in [0.1, 0.15) is 0 Å². The van der Waals surface area contributed by atoms with Crippen LogP contribution in [0.4, 0.5) is 0 Å². The number of piperazine rings is 1. The van der Waals surface area contributed by atoms with E-state index < -0.39 is 0 Å². The Balaban J connectivity index is 1.19. The molecule has 32 heavy (non-hydrogen) atoms. The van der Waals surface area contributed by atoms with Crippen molar-refractivity contribution in [2.75, 3.05) is 45.8 Å². The summed E-state index contributed by atoms with van der Waals surface area (Å²) in [7, 11) is 0. The number of rotatable bonds is 6. The first-order valence-electron chi connectivity index (χ1n) is 12.6. The molecule has 6 heteroatoms. The molecule has 1 aliphatic carbocycles. The molecule has 2 heterocycles. The van der Waals surface area contributed by atoms with Crippen molar-refractivity contribution in [2.24, 2.45) is 0 Å². The summed E-state index contributed by atoms with van der Waals surface area (Å²) >= 11 is 0. The Bertz CT molecular complexity index is 803. The van der Waals surface area contributed by atoms with Crippen LogP contribution in [0, 0.1) is 0 Å². The van der Waals surface area contributed by atoms with Gasteiger partial charge in [-0.3, -0.25) is 19.4 Å². The molecule has 2 amide bonds. The summed E-state index contributed by atoms with van der Waals surface area (Å²) in [6, 6.07) is 7.11. The summed E-state index contributed by atoms with van der Waals surface area (Å²) in [4.78, 5) is 31.9. The second-order valence-corrected chi connectivity index (χ2v) is 10.0. The van der Waals surface area contributed by atoms with Crippen molar-refractivity contribution in [1.82, 2.24) is 20.0 Å². The van der Waals surface area contributed by atoms with E-state index in [0.717, 1.165) is 52.0 Å². The number of carbonyl (C=O) groups is 2. The van der Waals surface area contributed by atoms with Gasteiger partial charge in [-0.2, -0.15) is 0 Å². The van der Waals surface area contributed by atoms with E-state index in [0.29, 0.717) is 19.1 Å². The smallest absolute Gasteiger partial charge is 0.236 e. The van der Waals surface area contributed by atoms with Crippen molar-refractivity contribution >= 4 is 11.8 Å². The van der Waals surface area contributed by atoms with Crippen molar-refractivity contribution in [3.8, 4) is 0 Å². The fourth-order valence-electron chi connectivity index (χ4n) is 5.45. The number of hydrogen-bond donors (Lipinski definition) is 1. The lowest BCUT2D eigenvalue weighted by Crippen LogP contribution is -2.53. The van der Waals surface area contributed by atoms with Crippen LogP contribution in [-0.4, -0.2) is 78.4 Å². The van der Waals surface area contributed by atoms with Gasteiger partial charge in [0.15, 0.2) is 0 Å². The number of fused-ring (bicyclic) bond motifs is 1. The monoisotopic (exact) mass is 440 g/mol. The molecule has 0 spiro atoms. The largest absolute Gasteiger partial charge is 0.348 e. The fraction of sp³-hybridized carbons (Fsp3) is 0.692. The molecule has 1 aromatic carbocycles. The highest BCUT2D eigenvalue weighted by atomic mass is 16.2. The maximum absolute atomic E-state index is 12.7. The van der Waals surface area contributed by atoms with E-state index in [-0.39, 0.29) is 17.9 Å². The van der Waals surface area contributed by atoms with Crippen LogP contribution in [0.2, 0.25) is 0 Å². The molecule has 2 fully saturated rings. The van der Waals surface area contributed by atoms with E-state index in [1.54, 1.807) is 0 Å². The molecule has 3 aliphatic rings. The van der Waals surface area contributed by atoms with Crippen LogP contribution in [0.1, 0.15) is 68.7 Å². The van der Waals surface area contributed by atoms with Gasteiger partial charge in [-0.25, -0.2) is 0 Å². The van der Waals surface area contributed by atoms with Gasteiger partial charge >= 0.3 is 0 Å². The number of hydrogen-bond acceptors (Lipinski definition) is 4. The topological polar surface area (TPSA) is 55.9 Å². The lowest BCUT2D eigenvalue weighted by molar-refractivity contribution is -0.136. The standard InChI is InChI=1S/C26H40N4O2/c1-20-7-5-6-12-30(20)26(32)19-29-15-13-28(14-16-29)18-25(31)27-21(2)23-11-10-22-8-3-4-9-24(22)17-23/h10-11,17,20-21H,3-9,12-16,18-19H2,1-2H3,(H,27,31)/t20-,21-/m1/s1. The van der Waals surface area contributed by atoms with Gasteiger partial charge in [-0.1, -0.05) is 18.2 Å². The summed E-state index contributed by atoms with van der Waals surface area (Å²) in [6.07, 6.45) is 8.39. The molecule has 0 bridgehead atoms. The molecular formula is C26H40N4O2. The third kappa shape index (κ3) is 5.90. The number of aryl methyl sites for hydroxylation is 2. The molecule has 1 N–H and O–H groups in total. The van der Waals surface area contributed by atoms with E-state index >= 15 is 0 Å². The maximum atomic E-state index is 12.7. The lowest BCUT2D eigenvalue weighted by atomic mass is 9.89. The minimum Gasteiger partial charge on any atom is -0.348 e. The Kier molecular flexibility index (Phi) is 7.84. The molecule has 2 atom stereocenters. The first kappa shape index (κ1) is 23.2. The maximum Gasteiger partial charge on any atom is 0.236 e. The highest BCUT2D eigenvalue weighted by Gasteiger charge is 2.27. The van der Waals surface area contributed by atoms with Crippen LogP contribution in [-0.2, 0) is 22.4 Å². The Hall–Kier alpha value is -1.92. The van der Waals surface area contributed by atoms with Crippen molar-refractivity contribution in [1.29, 1.82) is 0 Å². The van der Waals surface area contributed by atoms with Crippen LogP contribution in [0.15, 0.2) is 18.2 Å². The lowest BCUT2D eigenvalue weighted by Gasteiger charge is -2.38. The number of amides is 2. The molecule has 2 aliphatic heterocycles. The number of nitrogens with one attached hydrogen (secondary N) is 1. The van der Waals surface area contributed by atoms with Gasteiger partial charge in [0.05, 0.1) is 19.1 Å². The Morgan fingerprint density at radius 2 is 1.62 bits per heavy atom. The summed E-state index contributed by atoms with van der Waals surface area (Å²) < 4.78 is 0. The Morgan fingerprint density at radius 3 is 2.34 bits per heavy atom. The predicted molar refractivity (Wildman–Crippen MR) is 128 cm³/mol. The van der Waals surface area contributed by atoms with Gasteiger partial charge < -0.3 is 10.2 Å². The van der Waals surface area contributed by atoms with Crippen molar-refractivity contribution in [3.05, 3.63) is 34.9 Å². The van der Waals surface area contributed by atoms with Crippen LogP contribution in [0.3, 0.4) is 0 Å². The van der Waals surface area contributed by atoms with Crippen LogP contribution < -0.4 is 5.32 Å². The van der Waals surface area contributed by atoms with E-state index in [4.69, 9.17) is 0 Å². The fourth-order valence-corrected chi connectivity index (χ4v) is 5.45. The zero-order valence-electron chi connectivity index (χ0n) is 19.9. The van der Waals surface area contributed by atoms with E-state index in [2.05, 4.69) is 52.1 Å². The normalized spacial score (nSPS) is 23.4. The minimum absolute atomic E-state index is 0.0279. The molecule has 6 nitrogen and oxygen atoms in total. The molecule has 0 saturated carbocycles. The Morgan fingerprint density at radius 1 is 0.938 bits per heavy atom. The summed E-state index contributed by atoms with van der Waals surface area (Å²) in [5.41, 5.74) is 4.14. The van der Waals surface area contributed by atoms with Gasteiger partial charge in [-0.05, 0) is 75.5 Å². The molecule has 4 rings (SSSR count). The van der Waals surface area contributed by atoms with E-state index in [1.165, 1.54) is 42.4 Å². The highest BCUT2D eigenvalue weighted by molar-refractivity contribution is 5.79. The van der Waals surface area contributed by atoms with E-state index in [1.807, 2.05) is 0 Å². The molecule has 2 saturated heterocycles. The van der Waals surface area contributed by atoms with Crippen LogP contribution >= 0.6 is 0 Å². The molecule has 0 unspecified atom stereocenters. The minimum atomic E-state index is 0.0279. The molecule has 176 valence electrons. The average Bonchev–Trinajstić information content (AvgIpc) is 2.80. The number of likely N-dealkylation sites (tertiary alicyclic amines) is 1. The third-order valence-electron chi connectivity index (χ3n) is 7.56. The SMILES string of the molecule is C[C@@H]1CCCCN1C(=O)CN1CCN(CC(=O)N[C@H](C)c2ccc3c(c2)CCCC3)CC1. The summed E-state index contributed by atoms with van der Waals surface area (Å²) in [6.45, 7) is 9.46. The average molecular weight is 441 g/mol. The van der Waals surface area contributed by atoms with Gasteiger partial charge in [0, 0.05) is 38.8 Å². The molecular weight excluding hydrogens is 400 g/mol. The highest BCUT2D eigenvalue weighted by Crippen LogP contribution is 2.24. The zero-order chi connectivity index (χ0) is 22.5. The van der Waals surface area contributed by atoms with Crippen LogP contribution in [0.25, 0.3) is 0 Å². The van der Waals surface area contributed by atoms with E-state index in [9.17, 15) is 9.59 Å². The van der Waals surface area contributed by atoms with Crippen molar-refractivity contribution < 1.29 is 9.59 Å². The van der Waals surface area contributed by atoms with Crippen LogP contribution in [0.5, 0.6) is 0 Å². The molecule has 0 aromatic heterocycles. The Labute approximate surface area is 193 Å². The van der Waals surface area contributed by atoms with Gasteiger partial charge in [0.25, 0.3) is 0 Å². The number of nitrogens with zero attached hydrogens (tertiary/aromatic N) is 3. The number of piperidine rings is 1. The second kappa shape index (κ2) is 10.8. The first-order chi connectivity index (χ1) is 15.5. The summed E-state index contributed by atoms with van der Waals surface area (Å²) in [5.74, 6) is 0.351.